The van der Waals surface area contributed by atoms with Crippen molar-refractivity contribution in [2.24, 2.45) is 0 Å². The number of phenols is 1. The zero-order chi connectivity index (χ0) is 22.6. The number of hydrogen-bond acceptors (Lipinski definition) is 5. The summed E-state index contributed by atoms with van der Waals surface area (Å²) in [4.78, 5) is 0. The first kappa shape index (κ1) is 22.5. The molecule has 31 heavy (non-hydrogen) atoms. The number of halogens is 6. The lowest BCUT2D eigenvalue weighted by Crippen LogP contribution is -2.06. The van der Waals surface area contributed by atoms with Gasteiger partial charge in [0.05, 0.1) is 10.6 Å². The van der Waals surface area contributed by atoms with Crippen molar-refractivity contribution in [3.8, 4) is 17.3 Å². The Morgan fingerprint density at radius 2 is 1.81 bits per heavy atom. The molecule has 0 fully saturated rings. The van der Waals surface area contributed by atoms with Crippen LogP contribution in [0.1, 0.15) is 16.7 Å². The van der Waals surface area contributed by atoms with E-state index in [0.29, 0.717) is 34.8 Å². The summed E-state index contributed by atoms with van der Waals surface area (Å²) in [5, 5.41) is 24.1. The highest BCUT2D eigenvalue weighted by Crippen LogP contribution is 2.37. The number of fused-ring (bicyclic) bond motifs is 1. The van der Waals surface area contributed by atoms with E-state index in [1.165, 1.54) is 6.07 Å². The SMILES string of the molecule is FCF.Oc1ccc(CCc2ccc3cc(-c4nn[nH]n4)oc3c2Cl)cc1C(F)(F)F. The van der Waals surface area contributed by atoms with E-state index >= 15 is 0 Å². The Morgan fingerprint density at radius 1 is 1.06 bits per heavy atom. The molecule has 0 atom stereocenters. The molecule has 0 saturated carbocycles. The summed E-state index contributed by atoms with van der Waals surface area (Å²) in [7, 11) is 0. The second-order valence-electron chi connectivity index (χ2n) is 6.25. The fraction of sp³-hybridized carbons (Fsp3) is 0.211. The van der Waals surface area contributed by atoms with Crippen LogP contribution >= 0.6 is 11.6 Å². The maximum atomic E-state index is 12.9. The fourth-order valence-corrected chi connectivity index (χ4v) is 3.23. The fourth-order valence-electron chi connectivity index (χ4n) is 2.92. The van der Waals surface area contributed by atoms with E-state index in [4.69, 9.17) is 16.0 Å². The van der Waals surface area contributed by atoms with Gasteiger partial charge in [0.15, 0.2) is 11.3 Å². The molecule has 0 spiro atoms. The van der Waals surface area contributed by atoms with E-state index in [1.807, 2.05) is 6.07 Å². The molecule has 2 aromatic heterocycles. The molecular formula is C19H14ClF5N4O2. The lowest BCUT2D eigenvalue weighted by molar-refractivity contribution is -0.138. The van der Waals surface area contributed by atoms with Gasteiger partial charge in [-0.05, 0) is 47.4 Å². The van der Waals surface area contributed by atoms with Crippen molar-refractivity contribution in [3.63, 3.8) is 0 Å². The van der Waals surface area contributed by atoms with Crippen LogP contribution in [0.4, 0.5) is 22.0 Å². The first-order chi connectivity index (χ1) is 14.7. The van der Waals surface area contributed by atoms with Crippen LogP contribution in [-0.4, -0.2) is 32.7 Å². The largest absolute Gasteiger partial charge is 0.507 e. The number of tetrazole rings is 1. The Kier molecular flexibility index (Phi) is 6.74. The number of aromatic nitrogens is 4. The number of nitrogens with one attached hydrogen (secondary N) is 1. The molecular weight excluding hydrogens is 447 g/mol. The summed E-state index contributed by atoms with van der Waals surface area (Å²) < 4.78 is 63.8. The Balaban J connectivity index is 0.000000858. The zero-order valence-electron chi connectivity index (χ0n) is 15.6. The van der Waals surface area contributed by atoms with Crippen LogP contribution in [0.25, 0.3) is 22.6 Å². The van der Waals surface area contributed by atoms with Crippen LogP contribution in [-0.2, 0) is 19.0 Å². The minimum Gasteiger partial charge on any atom is -0.507 e. The number of phenolic OH excluding ortho intramolecular Hbond substituents is 1. The topological polar surface area (TPSA) is 87.8 Å². The van der Waals surface area contributed by atoms with Crippen LogP contribution in [0.2, 0.25) is 5.02 Å². The average Bonchev–Trinajstić information content (AvgIpc) is 3.38. The second-order valence-corrected chi connectivity index (χ2v) is 6.63. The highest BCUT2D eigenvalue weighted by molar-refractivity contribution is 6.35. The third-order valence-electron chi connectivity index (χ3n) is 4.32. The summed E-state index contributed by atoms with van der Waals surface area (Å²) in [6, 6.07) is 8.78. The molecule has 2 N–H and O–H groups in total. The van der Waals surface area contributed by atoms with Crippen molar-refractivity contribution in [2.75, 3.05) is 6.93 Å². The number of rotatable bonds is 4. The standard InChI is InChI=1S/C18H12ClF3N4O2.CH2F2/c19-15-10(3-1-9-2-6-13(27)12(7-9)18(20,21)22)4-5-11-8-14(28-16(11)15)17-23-25-26-24-17;2-1-3/h2,4-8,27H,1,3H2,(H,23,24,25,26);1H2. The predicted molar refractivity (Wildman–Crippen MR) is 102 cm³/mol. The quantitative estimate of drug-likeness (QED) is 0.384. The maximum Gasteiger partial charge on any atom is 0.419 e. The minimum absolute atomic E-state index is 0.289. The Morgan fingerprint density at radius 3 is 2.45 bits per heavy atom. The lowest BCUT2D eigenvalue weighted by Gasteiger charge is -2.11. The van der Waals surface area contributed by atoms with Crippen molar-refractivity contribution < 1.29 is 31.5 Å². The summed E-state index contributed by atoms with van der Waals surface area (Å²) in [6.07, 6.45) is -3.90. The van der Waals surface area contributed by atoms with Crippen molar-refractivity contribution >= 4 is 22.6 Å². The molecule has 0 radical (unpaired) electrons. The van der Waals surface area contributed by atoms with Gasteiger partial charge in [-0.25, -0.2) is 8.78 Å². The summed E-state index contributed by atoms with van der Waals surface area (Å²) in [6.45, 7) is -1.75. The smallest absolute Gasteiger partial charge is 0.419 e. The van der Waals surface area contributed by atoms with E-state index in [2.05, 4.69) is 20.6 Å². The van der Waals surface area contributed by atoms with Gasteiger partial charge >= 0.3 is 6.18 Å². The van der Waals surface area contributed by atoms with Crippen molar-refractivity contribution in [2.45, 2.75) is 19.0 Å². The number of nitrogens with zero attached hydrogens (tertiary/aromatic N) is 3. The van der Waals surface area contributed by atoms with Gasteiger partial charge in [0.25, 0.3) is 0 Å². The number of benzene rings is 2. The Bertz CT molecular complexity index is 1160. The molecule has 164 valence electrons. The number of aryl methyl sites for hydroxylation is 2. The zero-order valence-corrected chi connectivity index (χ0v) is 16.3. The number of aromatic hydroxyl groups is 1. The maximum absolute atomic E-state index is 12.9. The highest BCUT2D eigenvalue weighted by Gasteiger charge is 2.33. The van der Waals surface area contributed by atoms with E-state index in [9.17, 15) is 27.1 Å². The third kappa shape index (κ3) is 5.10. The molecule has 2 aromatic carbocycles. The summed E-state index contributed by atoms with van der Waals surface area (Å²) >= 11 is 6.43. The monoisotopic (exact) mass is 460 g/mol. The third-order valence-corrected chi connectivity index (χ3v) is 4.74. The molecule has 0 bridgehead atoms. The van der Waals surface area contributed by atoms with Gasteiger partial charge in [0, 0.05) is 5.39 Å². The molecule has 0 saturated heterocycles. The molecule has 0 amide bonds. The van der Waals surface area contributed by atoms with Crippen molar-refractivity contribution in [1.29, 1.82) is 0 Å². The second kappa shape index (κ2) is 9.29. The molecule has 4 aromatic rings. The van der Waals surface area contributed by atoms with E-state index in [1.54, 1.807) is 12.1 Å². The average molecular weight is 461 g/mol. The van der Waals surface area contributed by atoms with Gasteiger partial charge in [-0.15, -0.1) is 10.2 Å². The Hall–Kier alpha value is -3.21. The molecule has 0 unspecified atom stereocenters. The predicted octanol–water partition coefficient (Wildman–Crippen LogP) is 5.66. The first-order valence-corrected chi connectivity index (χ1v) is 9.08. The molecule has 4 rings (SSSR count). The number of aromatic amines is 1. The van der Waals surface area contributed by atoms with Gasteiger partial charge in [-0.1, -0.05) is 29.8 Å². The first-order valence-electron chi connectivity index (χ1n) is 8.70. The van der Waals surface area contributed by atoms with Crippen molar-refractivity contribution in [3.05, 3.63) is 58.1 Å². The molecule has 2 heterocycles. The van der Waals surface area contributed by atoms with E-state index in [0.717, 1.165) is 23.1 Å². The van der Waals surface area contributed by atoms with Crippen molar-refractivity contribution in [1.82, 2.24) is 20.6 Å². The molecule has 0 aliphatic rings. The van der Waals surface area contributed by atoms with Gasteiger partial charge in [0.2, 0.25) is 12.8 Å². The summed E-state index contributed by atoms with van der Waals surface area (Å²) in [5.41, 5.74) is 0.557. The van der Waals surface area contributed by atoms with Gasteiger partial charge in [-0.2, -0.15) is 18.4 Å². The normalized spacial score (nSPS) is 11.4. The van der Waals surface area contributed by atoms with E-state index < -0.39 is 24.4 Å². The molecule has 6 nitrogen and oxygen atoms in total. The number of furan rings is 1. The summed E-state index contributed by atoms with van der Waals surface area (Å²) in [5.74, 6) is -0.103. The van der Waals surface area contributed by atoms with Gasteiger partial charge in [-0.3, -0.25) is 0 Å². The lowest BCUT2D eigenvalue weighted by atomic mass is 10.0. The molecule has 0 aliphatic heterocycles. The van der Waals surface area contributed by atoms with Crippen LogP contribution < -0.4 is 0 Å². The van der Waals surface area contributed by atoms with Crippen LogP contribution in [0, 0.1) is 0 Å². The molecule has 12 heteroatoms. The Labute approximate surface area is 176 Å². The number of alkyl halides is 5. The minimum atomic E-state index is -4.61. The van der Waals surface area contributed by atoms with Gasteiger partial charge < -0.3 is 9.52 Å². The van der Waals surface area contributed by atoms with Gasteiger partial charge in [0.1, 0.15) is 5.75 Å². The number of hydrogen-bond donors (Lipinski definition) is 2. The highest BCUT2D eigenvalue weighted by atomic mass is 35.5. The van der Waals surface area contributed by atoms with Crippen LogP contribution in [0.5, 0.6) is 5.75 Å². The van der Waals surface area contributed by atoms with Crippen LogP contribution in [0.3, 0.4) is 0 Å². The van der Waals surface area contributed by atoms with Crippen LogP contribution in [0.15, 0.2) is 40.8 Å². The number of H-pyrrole nitrogens is 1. The molecule has 0 aliphatic carbocycles. The van der Waals surface area contributed by atoms with E-state index in [-0.39, 0.29) is 5.82 Å².